The second kappa shape index (κ2) is 8.83. The predicted molar refractivity (Wildman–Crippen MR) is 115 cm³/mol. The fraction of sp³-hybridized carbons (Fsp3) is 0.292. The van der Waals surface area contributed by atoms with Crippen LogP contribution in [0, 0.1) is 11.3 Å². The van der Waals surface area contributed by atoms with Crippen molar-refractivity contribution in [3.63, 3.8) is 0 Å². The van der Waals surface area contributed by atoms with Crippen LogP contribution in [0.15, 0.2) is 48.7 Å². The largest absolute Gasteiger partial charge is 0.493 e. The van der Waals surface area contributed by atoms with Gasteiger partial charge in [0.1, 0.15) is 23.2 Å². The first-order valence-electron chi connectivity index (χ1n) is 9.59. The average molecular weight is 403 g/mol. The van der Waals surface area contributed by atoms with Gasteiger partial charge in [0.25, 0.3) is 0 Å². The molecule has 154 valence electrons. The highest BCUT2D eigenvalue weighted by Crippen LogP contribution is 2.29. The Balaban J connectivity index is 1.88. The van der Waals surface area contributed by atoms with Crippen molar-refractivity contribution in [2.45, 2.75) is 32.8 Å². The van der Waals surface area contributed by atoms with Crippen molar-refractivity contribution in [1.82, 2.24) is 9.97 Å². The van der Waals surface area contributed by atoms with E-state index in [0.29, 0.717) is 35.1 Å². The lowest BCUT2D eigenvalue weighted by molar-refractivity contribution is 0.130. The predicted octanol–water partition coefficient (Wildman–Crippen LogP) is 4.80. The highest BCUT2D eigenvalue weighted by Gasteiger charge is 2.16. The summed E-state index contributed by atoms with van der Waals surface area (Å²) in [6.07, 6.45) is 2.27. The zero-order valence-electron chi connectivity index (χ0n) is 17.9. The molecule has 0 bridgehead atoms. The second-order valence-electron chi connectivity index (χ2n) is 7.76. The molecular formula is C24H25N3O3. The standard InChI is InChI=1S/C24H25N3O3/c1-24(2,3)30-20-9-7-17(14-18(20)15-25)19-10-11-26-23(27-19)13-16-6-8-21(28-4)22(12-16)29-5/h6-12,14H,13H2,1-5H3. The van der Waals surface area contributed by atoms with E-state index in [1.54, 1.807) is 26.5 Å². The smallest absolute Gasteiger partial charge is 0.161 e. The number of nitrogens with zero attached hydrogens (tertiary/aromatic N) is 3. The summed E-state index contributed by atoms with van der Waals surface area (Å²) in [5, 5.41) is 9.54. The van der Waals surface area contributed by atoms with Crippen molar-refractivity contribution in [3.05, 3.63) is 65.6 Å². The summed E-state index contributed by atoms with van der Waals surface area (Å²) in [6, 6.07) is 15.3. The Morgan fingerprint density at radius 3 is 2.33 bits per heavy atom. The number of hydrogen-bond acceptors (Lipinski definition) is 6. The number of benzene rings is 2. The van der Waals surface area contributed by atoms with Gasteiger partial charge in [-0.05, 0) is 62.7 Å². The van der Waals surface area contributed by atoms with Crippen molar-refractivity contribution in [2.24, 2.45) is 0 Å². The molecule has 3 rings (SSSR count). The van der Waals surface area contributed by atoms with Gasteiger partial charge in [-0.2, -0.15) is 5.26 Å². The zero-order valence-corrected chi connectivity index (χ0v) is 17.9. The summed E-state index contributed by atoms with van der Waals surface area (Å²) < 4.78 is 16.5. The summed E-state index contributed by atoms with van der Waals surface area (Å²) in [6.45, 7) is 5.85. The molecule has 6 heteroatoms. The number of aromatic nitrogens is 2. The molecule has 0 aliphatic carbocycles. The van der Waals surface area contributed by atoms with E-state index in [1.165, 1.54) is 0 Å². The highest BCUT2D eigenvalue weighted by atomic mass is 16.5. The Kier molecular flexibility index (Phi) is 6.22. The van der Waals surface area contributed by atoms with Crippen molar-refractivity contribution in [2.75, 3.05) is 14.2 Å². The summed E-state index contributed by atoms with van der Waals surface area (Å²) in [4.78, 5) is 9.08. The minimum atomic E-state index is -0.380. The van der Waals surface area contributed by atoms with Crippen LogP contribution in [-0.2, 0) is 6.42 Å². The lowest BCUT2D eigenvalue weighted by Gasteiger charge is -2.22. The van der Waals surface area contributed by atoms with Gasteiger partial charge in [-0.1, -0.05) is 6.07 Å². The zero-order chi connectivity index (χ0) is 21.7. The van der Waals surface area contributed by atoms with Gasteiger partial charge in [0.2, 0.25) is 0 Å². The molecule has 2 aromatic carbocycles. The molecule has 1 aromatic heterocycles. The van der Waals surface area contributed by atoms with Crippen molar-refractivity contribution in [3.8, 4) is 34.6 Å². The highest BCUT2D eigenvalue weighted by molar-refractivity contribution is 5.64. The van der Waals surface area contributed by atoms with Crippen molar-refractivity contribution < 1.29 is 14.2 Å². The molecule has 0 saturated heterocycles. The Labute approximate surface area is 177 Å². The van der Waals surface area contributed by atoms with Gasteiger partial charge < -0.3 is 14.2 Å². The molecule has 30 heavy (non-hydrogen) atoms. The van der Waals surface area contributed by atoms with E-state index >= 15 is 0 Å². The van der Waals surface area contributed by atoms with Crippen LogP contribution in [0.1, 0.15) is 37.7 Å². The van der Waals surface area contributed by atoms with Crippen LogP contribution in [0.4, 0.5) is 0 Å². The molecule has 0 aliphatic rings. The third-order valence-electron chi connectivity index (χ3n) is 4.33. The van der Waals surface area contributed by atoms with Gasteiger partial charge in [-0.25, -0.2) is 9.97 Å². The number of nitriles is 1. The monoisotopic (exact) mass is 403 g/mol. The van der Waals surface area contributed by atoms with E-state index in [2.05, 4.69) is 16.0 Å². The Hall–Kier alpha value is -3.59. The molecule has 0 fully saturated rings. The van der Waals surface area contributed by atoms with E-state index in [9.17, 15) is 5.26 Å². The normalized spacial score (nSPS) is 10.9. The maximum Gasteiger partial charge on any atom is 0.161 e. The maximum atomic E-state index is 9.54. The third kappa shape index (κ3) is 5.06. The van der Waals surface area contributed by atoms with Gasteiger partial charge in [-0.3, -0.25) is 0 Å². The van der Waals surface area contributed by atoms with Crippen molar-refractivity contribution >= 4 is 0 Å². The molecule has 0 spiro atoms. The number of rotatable bonds is 6. The average Bonchev–Trinajstić information content (AvgIpc) is 2.73. The summed E-state index contributed by atoms with van der Waals surface area (Å²) in [7, 11) is 3.22. The molecule has 0 N–H and O–H groups in total. The van der Waals surface area contributed by atoms with E-state index in [-0.39, 0.29) is 5.60 Å². The van der Waals surface area contributed by atoms with Crippen LogP contribution < -0.4 is 14.2 Å². The molecule has 6 nitrogen and oxygen atoms in total. The fourth-order valence-corrected chi connectivity index (χ4v) is 3.01. The van der Waals surface area contributed by atoms with E-state index in [1.807, 2.05) is 57.2 Å². The van der Waals surface area contributed by atoms with Gasteiger partial charge in [-0.15, -0.1) is 0 Å². The molecule has 0 amide bonds. The Morgan fingerprint density at radius 2 is 1.67 bits per heavy atom. The van der Waals surface area contributed by atoms with Gasteiger partial charge in [0, 0.05) is 18.2 Å². The second-order valence-corrected chi connectivity index (χ2v) is 7.76. The van der Waals surface area contributed by atoms with Crippen LogP contribution in [0.5, 0.6) is 17.2 Å². The molecule has 0 radical (unpaired) electrons. The first kappa shape index (κ1) is 21.1. The minimum absolute atomic E-state index is 0.380. The summed E-state index contributed by atoms with van der Waals surface area (Å²) in [5.74, 6) is 2.58. The van der Waals surface area contributed by atoms with Crippen molar-refractivity contribution in [1.29, 1.82) is 5.26 Å². The molecule has 0 unspecified atom stereocenters. The molecule has 3 aromatic rings. The Morgan fingerprint density at radius 1 is 0.933 bits per heavy atom. The number of ether oxygens (including phenoxy) is 3. The molecule has 1 heterocycles. The first-order chi connectivity index (χ1) is 14.3. The molecule has 0 aliphatic heterocycles. The lowest BCUT2D eigenvalue weighted by atomic mass is 10.1. The van der Waals surface area contributed by atoms with Crippen LogP contribution >= 0.6 is 0 Å². The molecule has 0 atom stereocenters. The van der Waals surface area contributed by atoms with E-state index in [4.69, 9.17) is 14.2 Å². The van der Waals surface area contributed by atoms with Crippen LogP contribution in [0.3, 0.4) is 0 Å². The number of methoxy groups -OCH3 is 2. The number of hydrogen-bond donors (Lipinski definition) is 0. The first-order valence-corrected chi connectivity index (χ1v) is 9.59. The van der Waals surface area contributed by atoms with E-state index in [0.717, 1.165) is 16.8 Å². The van der Waals surface area contributed by atoms with Crippen LogP contribution in [-0.4, -0.2) is 29.8 Å². The lowest BCUT2D eigenvalue weighted by Crippen LogP contribution is -2.23. The SMILES string of the molecule is COc1ccc(Cc2nccc(-c3ccc(OC(C)(C)C)c(C#N)c3)n2)cc1OC. The molecule has 0 saturated carbocycles. The quantitative estimate of drug-likeness (QED) is 0.588. The minimum Gasteiger partial charge on any atom is -0.493 e. The Bertz CT molecular complexity index is 1080. The van der Waals surface area contributed by atoms with E-state index < -0.39 is 0 Å². The summed E-state index contributed by atoms with van der Waals surface area (Å²) in [5.41, 5.74) is 2.69. The van der Waals surface area contributed by atoms with Gasteiger partial charge >= 0.3 is 0 Å². The van der Waals surface area contributed by atoms with Crippen LogP contribution in [0.2, 0.25) is 0 Å². The molecular weight excluding hydrogens is 378 g/mol. The fourth-order valence-electron chi connectivity index (χ4n) is 3.01. The van der Waals surface area contributed by atoms with Gasteiger partial charge in [0.15, 0.2) is 11.5 Å². The maximum absolute atomic E-state index is 9.54. The summed E-state index contributed by atoms with van der Waals surface area (Å²) >= 11 is 0. The van der Waals surface area contributed by atoms with Gasteiger partial charge in [0.05, 0.1) is 25.5 Å². The third-order valence-corrected chi connectivity index (χ3v) is 4.33. The van der Waals surface area contributed by atoms with Crippen LogP contribution in [0.25, 0.3) is 11.3 Å². The topological polar surface area (TPSA) is 77.3 Å².